The van der Waals surface area contributed by atoms with Crippen LogP contribution in [0.3, 0.4) is 0 Å². The van der Waals surface area contributed by atoms with Gasteiger partial charge in [0.1, 0.15) is 11.2 Å². The lowest BCUT2D eigenvalue weighted by Gasteiger charge is -2.29. The molecule has 2 nitrogen and oxygen atoms in total. The maximum absolute atomic E-state index is 6.60. The number of anilines is 3. The van der Waals surface area contributed by atoms with Gasteiger partial charge in [-0.15, -0.1) is 22.7 Å². The Bertz CT molecular complexity index is 3510. The standard InChI is InChI=1S/C54H33NOS2/c1-4-15-34(16-5-1)37-27-28-42-49(32-37)58-54-39(36-19-8-3-9-20-36)29-30-44(53(42)54)55(43-23-14-25-47-51(43)40-21-10-12-24-46(40)56-47)45-31-38(35-17-6-2-7-18-35)33-50-52(45)41-22-11-13-26-48(41)57-50/h1-33H. The molecule has 0 radical (unpaired) electrons. The van der Waals surface area contributed by atoms with Crippen molar-refractivity contribution in [1.29, 1.82) is 0 Å². The lowest BCUT2D eigenvalue weighted by atomic mass is 9.97. The van der Waals surface area contributed by atoms with E-state index < -0.39 is 0 Å². The third kappa shape index (κ3) is 5.23. The summed E-state index contributed by atoms with van der Waals surface area (Å²) in [5, 5.41) is 7.18. The molecule has 12 rings (SSSR count). The molecule has 4 heteroatoms. The van der Waals surface area contributed by atoms with Crippen LogP contribution in [0.1, 0.15) is 0 Å². The van der Waals surface area contributed by atoms with Crippen LogP contribution in [0.25, 0.3) is 95.7 Å². The summed E-state index contributed by atoms with van der Waals surface area (Å²) in [6, 6.07) is 72.7. The Morgan fingerprint density at radius 1 is 0.328 bits per heavy atom. The van der Waals surface area contributed by atoms with Crippen LogP contribution in [-0.4, -0.2) is 0 Å². The maximum Gasteiger partial charge on any atom is 0.137 e. The second-order valence-electron chi connectivity index (χ2n) is 14.8. The smallest absolute Gasteiger partial charge is 0.137 e. The zero-order valence-electron chi connectivity index (χ0n) is 31.2. The summed E-state index contributed by atoms with van der Waals surface area (Å²) in [5.41, 5.74) is 12.4. The molecular formula is C54H33NOS2. The highest BCUT2D eigenvalue weighted by Gasteiger charge is 2.27. The van der Waals surface area contributed by atoms with Gasteiger partial charge in [-0.3, -0.25) is 0 Å². The Morgan fingerprint density at radius 3 is 1.74 bits per heavy atom. The zero-order chi connectivity index (χ0) is 38.2. The van der Waals surface area contributed by atoms with E-state index in [0.717, 1.165) is 39.0 Å². The van der Waals surface area contributed by atoms with Gasteiger partial charge in [0.05, 0.1) is 22.4 Å². The quantitative estimate of drug-likeness (QED) is 0.167. The van der Waals surface area contributed by atoms with Crippen molar-refractivity contribution in [1.82, 2.24) is 0 Å². The minimum absolute atomic E-state index is 0.870. The van der Waals surface area contributed by atoms with Crippen LogP contribution in [0.2, 0.25) is 0 Å². The van der Waals surface area contributed by atoms with E-state index in [1.54, 1.807) is 0 Å². The van der Waals surface area contributed by atoms with E-state index >= 15 is 0 Å². The van der Waals surface area contributed by atoms with E-state index in [9.17, 15) is 0 Å². The summed E-state index contributed by atoms with van der Waals surface area (Å²) in [6.07, 6.45) is 0. The van der Waals surface area contributed by atoms with Gasteiger partial charge in [-0.1, -0.05) is 152 Å². The van der Waals surface area contributed by atoms with Crippen LogP contribution in [-0.2, 0) is 0 Å². The van der Waals surface area contributed by atoms with Crippen molar-refractivity contribution in [3.63, 3.8) is 0 Å². The number of nitrogens with zero attached hydrogens (tertiary/aromatic N) is 1. The molecule has 3 aromatic heterocycles. The van der Waals surface area contributed by atoms with Crippen LogP contribution >= 0.6 is 22.7 Å². The second-order valence-corrected chi connectivity index (χ2v) is 16.9. The van der Waals surface area contributed by atoms with Crippen molar-refractivity contribution in [3.8, 4) is 33.4 Å². The van der Waals surface area contributed by atoms with Gasteiger partial charge in [-0.25, -0.2) is 0 Å². The molecule has 0 N–H and O–H groups in total. The van der Waals surface area contributed by atoms with E-state index in [1.165, 1.54) is 73.7 Å². The lowest BCUT2D eigenvalue weighted by Crippen LogP contribution is -2.11. The number of hydrogen-bond acceptors (Lipinski definition) is 4. The first kappa shape index (κ1) is 33.2. The molecular weight excluding hydrogens is 743 g/mol. The molecule has 0 unspecified atom stereocenters. The normalized spacial score (nSPS) is 11.8. The Labute approximate surface area is 343 Å². The third-order valence-electron chi connectivity index (χ3n) is 11.5. The number of benzene rings is 9. The highest BCUT2D eigenvalue weighted by Crippen LogP contribution is 2.54. The SMILES string of the molecule is c1ccc(-c2ccc3c(c2)sc2c(-c4ccccc4)ccc(N(c4cccc5oc6ccccc6c45)c4cc(-c5ccccc5)cc5sc6ccccc6c45)c23)cc1. The molecule has 0 saturated heterocycles. The van der Waals surface area contributed by atoms with Crippen molar-refractivity contribution in [3.05, 3.63) is 200 Å². The number of para-hydroxylation sites is 1. The van der Waals surface area contributed by atoms with Crippen molar-refractivity contribution >= 4 is 102 Å². The largest absolute Gasteiger partial charge is 0.456 e. The fourth-order valence-corrected chi connectivity index (χ4v) is 11.3. The van der Waals surface area contributed by atoms with Crippen LogP contribution in [0.5, 0.6) is 0 Å². The molecule has 0 atom stereocenters. The molecule has 272 valence electrons. The molecule has 0 amide bonds. The fourth-order valence-electron chi connectivity index (χ4n) is 8.84. The predicted molar refractivity (Wildman–Crippen MR) is 250 cm³/mol. The molecule has 0 bridgehead atoms. The molecule has 0 aliphatic heterocycles. The Hall–Kier alpha value is -6.98. The molecule has 0 saturated carbocycles. The van der Waals surface area contributed by atoms with Gasteiger partial charge in [0.2, 0.25) is 0 Å². The first-order chi connectivity index (χ1) is 28.8. The summed E-state index contributed by atoms with van der Waals surface area (Å²) >= 11 is 3.75. The number of thiophene rings is 2. The molecule has 12 aromatic rings. The zero-order valence-corrected chi connectivity index (χ0v) is 32.9. The highest BCUT2D eigenvalue weighted by atomic mass is 32.1. The van der Waals surface area contributed by atoms with E-state index in [2.05, 4.69) is 205 Å². The van der Waals surface area contributed by atoms with Gasteiger partial charge in [0, 0.05) is 45.7 Å². The van der Waals surface area contributed by atoms with Crippen molar-refractivity contribution in [2.24, 2.45) is 0 Å². The summed E-state index contributed by atoms with van der Waals surface area (Å²) in [5.74, 6) is 0. The minimum atomic E-state index is 0.870. The Balaban J connectivity index is 1.25. The lowest BCUT2D eigenvalue weighted by molar-refractivity contribution is 0.669. The van der Waals surface area contributed by atoms with Gasteiger partial charge < -0.3 is 9.32 Å². The molecule has 3 heterocycles. The molecule has 0 aliphatic carbocycles. The molecule has 58 heavy (non-hydrogen) atoms. The number of furan rings is 1. The average Bonchev–Trinajstić information content (AvgIpc) is 3.99. The van der Waals surface area contributed by atoms with Crippen molar-refractivity contribution < 1.29 is 4.42 Å². The Kier molecular flexibility index (Phi) is 7.62. The van der Waals surface area contributed by atoms with Crippen LogP contribution in [0, 0.1) is 0 Å². The third-order valence-corrected chi connectivity index (χ3v) is 13.8. The number of fused-ring (bicyclic) bond motifs is 9. The van der Waals surface area contributed by atoms with Crippen molar-refractivity contribution in [2.45, 2.75) is 0 Å². The van der Waals surface area contributed by atoms with Gasteiger partial charge in [0.25, 0.3) is 0 Å². The number of rotatable bonds is 6. The Morgan fingerprint density at radius 2 is 0.948 bits per heavy atom. The van der Waals surface area contributed by atoms with E-state index in [1.807, 2.05) is 22.7 Å². The topological polar surface area (TPSA) is 16.4 Å². The van der Waals surface area contributed by atoms with E-state index in [4.69, 9.17) is 4.42 Å². The van der Waals surface area contributed by atoms with Gasteiger partial charge in [0.15, 0.2) is 0 Å². The minimum Gasteiger partial charge on any atom is -0.456 e. The molecule has 0 spiro atoms. The molecule has 9 aromatic carbocycles. The first-order valence-electron chi connectivity index (χ1n) is 19.6. The van der Waals surface area contributed by atoms with Gasteiger partial charge in [-0.05, 0) is 81.9 Å². The fraction of sp³-hybridized carbons (Fsp3) is 0. The van der Waals surface area contributed by atoms with Crippen LogP contribution < -0.4 is 4.90 Å². The monoisotopic (exact) mass is 775 g/mol. The van der Waals surface area contributed by atoms with E-state index in [0.29, 0.717) is 0 Å². The first-order valence-corrected chi connectivity index (χ1v) is 21.2. The molecule has 0 aliphatic rings. The molecule has 0 fully saturated rings. The summed E-state index contributed by atoms with van der Waals surface area (Å²) in [6.45, 7) is 0. The number of hydrogen-bond donors (Lipinski definition) is 0. The summed E-state index contributed by atoms with van der Waals surface area (Å²) in [4.78, 5) is 2.55. The predicted octanol–water partition coefficient (Wildman–Crippen LogP) is 16.8. The van der Waals surface area contributed by atoms with Gasteiger partial charge in [-0.2, -0.15) is 0 Å². The average molecular weight is 776 g/mol. The maximum atomic E-state index is 6.60. The van der Waals surface area contributed by atoms with E-state index in [-0.39, 0.29) is 0 Å². The van der Waals surface area contributed by atoms with Crippen molar-refractivity contribution in [2.75, 3.05) is 4.90 Å². The summed E-state index contributed by atoms with van der Waals surface area (Å²) < 4.78 is 11.7. The van der Waals surface area contributed by atoms with Crippen LogP contribution in [0.15, 0.2) is 205 Å². The highest BCUT2D eigenvalue weighted by molar-refractivity contribution is 7.26. The second kappa shape index (κ2) is 13.3. The summed E-state index contributed by atoms with van der Waals surface area (Å²) in [7, 11) is 0. The van der Waals surface area contributed by atoms with Gasteiger partial charge >= 0.3 is 0 Å². The van der Waals surface area contributed by atoms with Crippen LogP contribution in [0.4, 0.5) is 17.1 Å².